The molecule has 2 aliphatic heterocycles. The zero-order chi connectivity index (χ0) is 16.9. The Morgan fingerprint density at radius 1 is 1.12 bits per heavy atom. The van der Waals surface area contributed by atoms with E-state index in [-0.39, 0.29) is 11.3 Å². The van der Waals surface area contributed by atoms with E-state index in [9.17, 15) is 4.79 Å². The molecule has 132 valence electrons. The van der Waals surface area contributed by atoms with Crippen LogP contribution in [0.3, 0.4) is 0 Å². The van der Waals surface area contributed by atoms with Crippen LogP contribution in [0.5, 0.6) is 11.5 Å². The lowest BCUT2D eigenvalue weighted by molar-refractivity contribution is -0.128. The molecule has 0 aliphatic carbocycles. The van der Waals surface area contributed by atoms with Gasteiger partial charge >= 0.3 is 0 Å². The summed E-state index contributed by atoms with van der Waals surface area (Å²) in [4.78, 5) is 16.9. The average molecular weight is 350 g/mol. The predicted molar refractivity (Wildman–Crippen MR) is 96.7 cm³/mol. The summed E-state index contributed by atoms with van der Waals surface area (Å²) in [7, 11) is 3.30. The smallest absolute Gasteiger partial charge is 0.233 e. The van der Waals surface area contributed by atoms with Gasteiger partial charge in [-0.1, -0.05) is 18.6 Å². The summed E-state index contributed by atoms with van der Waals surface area (Å²) in [6.45, 7) is 4.04. The molecule has 6 heteroatoms. The Hall–Kier alpha value is -1.40. The molecule has 2 fully saturated rings. The number of benzene rings is 1. The first-order chi connectivity index (χ1) is 11.7. The quantitative estimate of drug-likeness (QED) is 0.789. The number of methoxy groups -OCH3 is 2. The van der Waals surface area contributed by atoms with E-state index in [0.29, 0.717) is 11.5 Å². The molecule has 3 rings (SSSR count). The Labute approximate surface area is 148 Å². The number of rotatable bonds is 6. The van der Waals surface area contributed by atoms with Gasteiger partial charge in [-0.3, -0.25) is 4.79 Å². The minimum Gasteiger partial charge on any atom is -0.493 e. The molecule has 1 aromatic carbocycles. The van der Waals surface area contributed by atoms with Gasteiger partial charge in [0.1, 0.15) is 5.37 Å². The van der Waals surface area contributed by atoms with Gasteiger partial charge < -0.3 is 19.3 Å². The van der Waals surface area contributed by atoms with E-state index in [1.54, 1.807) is 26.0 Å². The molecule has 0 spiro atoms. The molecule has 2 aliphatic rings. The summed E-state index contributed by atoms with van der Waals surface area (Å²) >= 11 is 1.67. The molecule has 0 saturated carbocycles. The molecular formula is C18H26N2O3S. The molecule has 1 atom stereocenters. The Kier molecular flexibility index (Phi) is 5.89. The maximum atomic E-state index is 12.4. The lowest BCUT2D eigenvalue weighted by Crippen LogP contribution is -2.39. The molecule has 2 saturated heterocycles. The molecule has 1 unspecified atom stereocenters. The van der Waals surface area contributed by atoms with Crippen LogP contribution in [0.15, 0.2) is 18.2 Å². The van der Waals surface area contributed by atoms with Gasteiger partial charge in [0, 0.05) is 18.7 Å². The Bertz CT molecular complexity index is 575. The van der Waals surface area contributed by atoms with Crippen molar-refractivity contribution in [1.29, 1.82) is 0 Å². The monoisotopic (exact) mass is 350 g/mol. The number of thioether (sulfide) groups is 1. The molecule has 1 aromatic rings. The van der Waals surface area contributed by atoms with Gasteiger partial charge in [0.25, 0.3) is 0 Å². The summed E-state index contributed by atoms with van der Waals surface area (Å²) < 4.78 is 11.0. The minimum absolute atomic E-state index is 0.00680. The number of hydrogen-bond acceptors (Lipinski definition) is 5. The van der Waals surface area contributed by atoms with E-state index in [2.05, 4.69) is 4.90 Å². The van der Waals surface area contributed by atoms with Crippen molar-refractivity contribution in [3.05, 3.63) is 23.8 Å². The highest BCUT2D eigenvalue weighted by Gasteiger charge is 2.35. The van der Waals surface area contributed by atoms with Crippen molar-refractivity contribution < 1.29 is 14.3 Å². The number of piperidine rings is 1. The first-order valence-corrected chi connectivity index (χ1v) is 9.63. The van der Waals surface area contributed by atoms with Crippen molar-refractivity contribution >= 4 is 17.7 Å². The van der Waals surface area contributed by atoms with Gasteiger partial charge in [0.05, 0.1) is 20.0 Å². The van der Waals surface area contributed by atoms with E-state index in [1.165, 1.54) is 19.3 Å². The van der Waals surface area contributed by atoms with Gasteiger partial charge in [0.2, 0.25) is 5.91 Å². The Balaban J connectivity index is 1.75. The van der Waals surface area contributed by atoms with E-state index in [0.717, 1.165) is 37.5 Å². The van der Waals surface area contributed by atoms with Gasteiger partial charge in [-0.2, -0.15) is 0 Å². The molecule has 0 aromatic heterocycles. The van der Waals surface area contributed by atoms with Crippen LogP contribution in [0.4, 0.5) is 0 Å². The molecule has 24 heavy (non-hydrogen) atoms. The Morgan fingerprint density at radius 3 is 2.62 bits per heavy atom. The van der Waals surface area contributed by atoms with Gasteiger partial charge in [-0.25, -0.2) is 0 Å². The highest BCUT2D eigenvalue weighted by atomic mass is 32.2. The first kappa shape index (κ1) is 17.4. The van der Waals surface area contributed by atoms with E-state index in [1.807, 2.05) is 23.1 Å². The molecular weight excluding hydrogens is 324 g/mol. The maximum Gasteiger partial charge on any atom is 0.233 e. The molecule has 0 radical (unpaired) electrons. The Morgan fingerprint density at radius 2 is 1.92 bits per heavy atom. The largest absolute Gasteiger partial charge is 0.493 e. The van der Waals surface area contributed by atoms with Crippen molar-refractivity contribution in [2.75, 3.05) is 46.2 Å². The van der Waals surface area contributed by atoms with Crippen LogP contribution in [0.2, 0.25) is 0 Å². The first-order valence-electron chi connectivity index (χ1n) is 8.59. The van der Waals surface area contributed by atoms with Gasteiger partial charge in [-0.15, -0.1) is 11.8 Å². The highest BCUT2D eigenvalue weighted by molar-refractivity contribution is 8.00. The zero-order valence-electron chi connectivity index (χ0n) is 14.5. The van der Waals surface area contributed by atoms with Crippen LogP contribution in [0.1, 0.15) is 30.2 Å². The molecule has 5 nitrogen and oxygen atoms in total. The summed E-state index contributed by atoms with van der Waals surface area (Å²) in [5, 5.41) is 0.00680. The number of para-hydroxylation sites is 1. The van der Waals surface area contributed by atoms with Crippen LogP contribution >= 0.6 is 11.8 Å². The van der Waals surface area contributed by atoms with Crippen LogP contribution in [-0.2, 0) is 4.79 Å². The second-order valence-corrected chi connectivity index (χ2v) is 7.30. The number of ether oxygens (including phenoxy) is 2. The van der Waals surface area contributed by atoms with Crippen LogP contribution in [-0.4, -0.2) is 61.9 Å². The number of amides is 1. The lowest BCUT2D eigenvalue weighted by Gasteiger charge is -2.31. The minimum atomic E-state index is 0.00680. The number of carbonyl (C=O) groups is 1. The highest BCUT2D eigenvalue weighted by Crippen LogP contribution is 2.45. The summed E-state index contributed by atoms with van der Waals surface area (Å²) in [6.07, 6.45) is 3.88. The number of hydrogen-bond donors (Lipinski definition) is 0. The molecule has 2 heterocycles. The third-order valence-electron chi connectivity index (χ3n) is 4.77. The average Bonchev–Trinajstić information content (AvgIpc) is 3.00. The fourth-order valence-electron chi connectivity index (χ4n) is 3.49. The normalized spacial score (nSPS) is 22.0. The molecule has 1 amide bonds. The number of nitrogens with zero attached hydrogens (tertiary/aromatic N) is 2. The molecule has 0 bridgehead atoms. The second kappa shape index (κ2) is 8.12. The van der Waals surface area contributed by atoms with Crippen molar-refractivity contribution in [3.63, 3.8) is 0 Å². The van der Waals surface area contributed by atoms with E-state index < -0.39 is 0 Å². The fraction of sp³-hybridized carbons (Fsp3) is 0.611. The number of likely N-dealkylation sites (tertiary alicyclic amines) is 1. The molecule has 0 N–H and O–H groups in total. The standard InChI is InChI=1S/C18H26N2O3S/c1-22-15-8-6-7-14(17(15)23-2)18-20(16(21)13-24-18)12-11-19-9-4-3-5-10-19/h6-8,18H,3-5,9-13H2,1-2H3. The van der Waals surface area contributed by atoms with Crippen molar-refractivity contribution in [2.24, 2.45) is 0 Å². The van der Waals surface area contributed by atoms with Crippen LogP contribution in [0.25, 0.3) is 0 Å². The van der Waals surface area contributed by atoms with Crippen molar-refractivity contribution in [2.45, 2.75) is 24.6 Å². The van der Waals surface area contributed by atoms with Gasteiger partial charge in [-0.05, 0) is 32.0 Å². The van der Waals surface area contributed by atoms with E-state index >= 15 is 0 Å². The fourth-order valence-corrected chi connectivity index (χ4v) is 4.73. The zero-order valence-corrected chi connectivity index (χ0v) is 15.3. The summed E-state index contributed by atoms with van der Waals surface area (Å²) in [5.41, 5.74) is 1.02. The maximum absolute atomic E-state index is 12.4. The summed E-state index contributed by atoms with van der Waals surface area (Å²) in [5.74, 6) is 2.19. The lowest BCUT2D eigenvalue weighted by atomic mass is 10.1. The van der Waals surface area contributed by atoms with Crippen LogP contribution in [0, 0.1) is 0 Å². The third kappa shape index (κ3) is 3.64. The topological polar surface area (TPSA) is 42.0 Å². The van der Waals surface area contributed by atoms with Crippen LogP contribution < -0.4 is 9.47 Å². The summed E-state index contributed by atoms with van der Waals surface area (Å²) in [6, 6.07) is 5.89. The number of carbonyl (C=O) groups excluding carboxylic acids is 1. The second-order valence-electron chi connectivity index (χ2n) is 6.24. The predicted octanol–water partition coefficient (Wildman–Crippen LogP) is 2.76. The third-order valence-corrected chi connectivity index (χ3v) is 6.01. The van der Waals surface area contributed by atoms with Crippen molar-refractivity contribution in [1.82, 2.24) is 9.80 Å². The van der Waals surface area contributed by atoms with Crippen molar-refractivity contribution in [3.8, 4) is 11.5 Å². The van der Waals surface area contributed by atoms with Gasteiger partial charge in [0.15, 0.2) is 11.5 Å². The van der Waals surface area contributed by atoms with E-state index in [4.69, 9.17) is 9.47 Å². The SMILES string of the molecule is COc1cccc(C2SCC(=O)N2CCN2CCCCC2)c1OC.